The molecule has 3 aromatic rings. The van der Waals surface area contributed by atoms with Crippen LogP contribution in [0.4, 0.5) is 0 Å². The molecule has 0 unspecified atom stereocenters. The summed E-state index contributed by atoms with van der Waals surface area (Å²) in [5.41, 5.74) is 9.95. The summed E-state index contributed by atoms with van der Waals surface area (Å²) in [5.74, 6) is 0.517. The molecule has 1 aromatic carbocycles. The van der Waals surface area contributed by atoms with Gasteiger partial charge in [-0.05, 0) is 30.7 Å². The second kappa shape index (κ2) is 6.58. The van der Waals surface area contributed by atoms with Crippen LogP contribution in [0.1, 0.15) is 17.1 Å². The van der Waals surface area contributed by atoms with Gasteiger partial charge < -0.3 is 5.73 Å². The van der Waals surface area contributed by atoms with Gasteiger partial charge in [0.25, 0.3) is 0 Å². The third kappa shape index (κ3) is 3.38. The highest BCUT2D eigenvalue weighted by Crippen LogP contribution is 2.23. The van der Waals surface area contributed by atoms with Gasteiger partial charge in [-0.3, -0.25) is 0 Å². The summed E-state index contributed by atoms with van der Waals surface area (Å²) in [7, 11) is 0. The highest BCUT2D eigenvalue weighted by Gasteiger charge is 2.12. The molecule has 0 spiro atoms. The van der Waals surface area contributed by atoms with Crippen LogP contribution < -0.4 is 5.73 Å². The number of hydrogen-bond donors (Lipinski definition) is 1. The van der Waals surface area contributed by atoms with E-state index in [1.165, 1.54) is 6.20 Å². The van der Waals surface area contributed by atoms with Crippen LogP contribution in [0, 0.1) is 6.92 Å². The molecule has 2 N–H and O–H groups in total. The molecule has 4 nitrogen and oxygen atoms in total. The molecule has 23 heavy (non-hydrogen) atoms. The van der Waals surface area contributed by atoms with E-state index >= 15 is 0 Å². The Morgan fingerprint density at radius 1 is 1.09 bits per heavy atom. The van der Waals surface area contributed by atoms with Crippen molar-refractivity contribution in [3.8, 4) is 11.3 Å². The minimum absolute atomic E-state index is 0.415. The summed E-state index contributed by atoms with van der Waals surface area (Å²) in [6, 6.07) is 15.5. The first-order valence-corrected chi connectivity index (χ1v) is 7.50. The molecule has 0 aliphatic heterocycles. The summed E-state index contributed by atoms with van der Waals surface area (Å²) < 4.78 is 0. The number of rotatable bonds is 3. The first kappa shape index (κ1) is 15.2. The van der Waals surface area contributed by atoms with Crippen LogP contribution in [0.2, 0.25) is 5.15 Å². The molecule has 2 heterocycles. The zero-order valence-electron chi connectivity index (χ0n) is 12.6. The standard InChI is InChI=1S/C18H15ClN4/c1-12-9-16(22-17(19)10-12)14(11-20)18-21-8-7-15(23-18)13-5-3-2-4-6-13/h2-11H,20H2,1H3. The average molecular weight is 323 g/mol. The Kier molecular flexibility index (Phi) is 4.35. The lowest BCUT2D eigenvalue weighted by molar-refractivity contribution is 1.10. The van der Waals surface area contributed by atoms with Crippen molar-refractivity contribution in [2.24, 2.45) is 5.73 Å². The maximum absolute atomic E-state index is 6.05. The number of nitrogens with zero attached hydrogens (tertiary/aromatic N) is 3. The van der Waals surface area contributed by atoms with E-state index in [2.05, 4.69) is 15.0 Å². The molecule has 0 aliphatic rings. The molecule has 2 aromatic heterocycles. The van der Waals surface area contributed by atoms with Crippen LogP contribution in [-0.4, -0.2) is 15.0 Å². The SMILES string of the molecule is Cc1cc(Cl)nc(C(=CN)c2nccc(-c3ccccc3)n2)c1. The minimum atomic E-state index is 0.415. The van der Waals surface area contributed by atoms with E-state index in [4.69, 9.17) is 17.3 Å². The number of aryl methyl sites for hydroxylation is 1. The maximum Gasteiger partial charge on any atom is 0.163 e. The van der Waals surface area contributed by atoms with Crippen molar-refractivity contribution < 1.29 is 0 Å². The molecular formula is C18H15ClN4. The van der Waals surface area contributed by atoms with Crippen molar-refractivity contribution in [1.82, 2.24) is 15.0 Å². The van der Waals surface area contributed by atoms with Crippen molar-refractivity contribution in [1.29, 1.82) is 0 Å². The van der Waals surface area contributed by atoms with Gasteiger partial charge in [0.2, 0.25) is 0 Å². The van der Waals surface area contributed by atoms with Crippen molar-refractivity contribution >= 4 is 17.2 Å². The van der Waals surface area contributed by atoms with Crippen LogP contribution in [0.5, 0.6) is 0 Å². The fraction of sp³-hybridized carbons (Fsp3) is 0.0556. The molecule has 114 valence electrons. The Hall–Kier alpha value is -2.72. The lowest BCUT2D eigenvalue weighted by Crippen LogP contribution is -2.02. The Morgan fingerprint density at radius 2 is 1.87 bits per heavy atom. The Bertz CT molecular complexity index is 840. The smallest absolute Gasteiger partial charge is 0.163 e. The number of halogens is 1. The number of pyridine rings is 1. The van der Waals surface area contributed by atoms with Crippen molar-refractivity contribution in [2.45, 2.75) is 6.92 Å². The quantitative estimate of drug-likeness (QED) is 0.744. The van der Waals surface area contributed by atoms with Gasteiger partial charge in [-0.2, -0.15) is 0 Å². The summed E-state index contributed by atoms with van der Waals surface area (Å²) >= 11 is 6.05. The third-order valence-corrected chi connectivity index (χ3v) is 3.54. The molecule has 0 amide bonds. The second-order valence-corrected chi connectivity index (χ2v) is 5.45. The summed E-state index contributed by atoms with van der Waals surface area (Å²) in [5, 5.41) is 0.415. The van der Waals surface area contributed by atoms with E-state index in [0.717, 1.165) is 16.8 Å². The van der Waals surface area contributed by atoms with E-state index in [9.17, 15) is 0 Å². The van der Waals surface area contributed by atoms with Crippen molar-refractivity contribution in [3.05, 3.63) is 83.2 Å². The predicted molar refractivity (Wildman–Crippen MR) is 92.7 cm³/mol. The Balaban J connectivity index is 2.06. The zero-order valence-corrected chi connectivity index (χ0v) is 13.3. The molecule has 0 aliphatic carbocycles. The van der Waals surface area contributed by atoms with Crippen molar-refractivity contribution in [2.75, 3.05) is 0 Å². The molecular weight excluding hydrogens is 308 g/mol. The summed E-state index contributed by atoms with van der Waals surface area (Å²) in [6.07, 6.45) is 3.17. The second-order valence-electron chi connectivity index (χ2n) is 5.06. The largest absolute Gasteiger partial charge is 0.404 e. The monoisotopic (exact) mass is 322 g/mol. The van der Waals surface area contributed by atoms with Gasteiger partial charge in [0, 0.05) is 18.0 Å². The van der Waals surface area contributed by atoms with Gasteiger partial charge in [0.15, 0.2) is 5.82 Å². The van der Waals surface area contributed by atoms with Crippen LogP contribution in [-0.2, 0) is 0 Å². The molecule has 0 fully saturated rings. The fourth-order valence-corrected chi connectivity index (χ4v) is 2.56. The first-order valence-electron chi connectivity index (χ1n) is 7.12. The Labute approximate surface area is 139 Å². The van der Waals surface area contributed by atoms with Gasteiger partial charge in [-0.15, -0.1) is 0 Å². The predicted octanol–water partition coefficient (Wildman–Crippen LogP) is 3.85. The molecule has 5 heteroatoms. The fourth-order valence-electron chi connectivity index (χ4n) is 2.30. The van der Waals surface area contributed by atoms with Gasteiger partial charge in [0.05, 0.1) is 17.0 Å². The van der Waals surface area contributed by atoms with Gasteiger partial charge in [-0.1, -0.05) is 41.9 Å². The van der Waals surface area contributed by atoms with Crippen LogP contribution in [0.25, 0.3) is 16.8 Å². The first-order chi connectivity index (χ1) is 11.2. The highest BCUT2D eigenvalue weighted by molar-refractivity contribution is 6.29. The van der Waals surface area contributed by atoms with Crippen molar-refractivity contribution in [3.63, 3.8) is 0 Å². The third-order valence-electron chi connectivity index (χ3n) is 3.35. The molecule has 3 rings (SSSR count). The number of hydrogen-bond acceptors (Lipinski definition) is 4. The number of nitrogens with two attached hydrogens (primary N) is 1. The molecule has 0 saturated heterocycles. The van der Waals surface area contributed by atoms with Gasteiger partial charge in [-0.25, -0.2) is 15.0 Å². The molecule has 0 saturated carbocycles. The van der Waals surface area contributed by atoms with E-state index in [-0.39, 0.29) is 0 Å². The lowest BCUT2D eigenvalue weighted by Gasteiger charge is -2.08. The van der Waals surface area contributed by atoms with Gasteiger partial charge >= 0.3 is 0 Å². The maximum atomic E-state index is 6.05. The zero-order chi connectivity index (χ0) is 16.2. The van der Waals surface area contributed by atoms with Crippen LogP contribution in [0.15, 0.2) is 60.9 Å². The van der Waals surface area contributed by atoms with Crippen LogP contribution in [0.3, 0.4) is 0 Å². The number of aromatic nitrogens is 3. The summed E-state index contributed by atoms with van der Waals surface area (Å²) in [4.78, 5) is 13.3. The van der Waals surface area contributed by atoms with E-state index in [1.807, 2.05) is 49.4 Å². The van der Waals surface area contributed by atoms with Gasteiger partial charge in [0.1, 0.15) is 5.15 Å². The van der Waals surface area contributed by atoms with E-state index in [0.29, 0.717) is 22.2 Å². The van der Waals surface area contributed by atoms with Crippen LogP contribution >= 0.6 is 11.6 Å². The highest BCUT2D eigenvalue weighted by atomic mass is 35.5. The van der Waals surface area contributed by atoms with E-state index in [1.54, 1.807) is 12.3 Å². The summed E-state index contributed by atoms with van der Waals surface area (Å²) in [6.45, 7) is 1.95. The van der Waals surface area contributed by atoms with E-state index < -0.39 is 0 Å². The average Bonchev–Trinajstić information content (AvgIpc) is 2.56. The lowest BCUT2D eigenvalue weighted by atomic mass is 10.1. The minimum Gasteiger partial charge on any atom is -0.404 e. The normalized spacial score (nSPS) is 11.5. The Morgan fingerprint density at radius 3 is 2.57 bits per heavy atom. The molecule has 0 radical (unpaired) electrons. The number of benzene rings is 1. The molecule has 0 bridgehead atoms. The molecule has 0 atom stereocenters. The topological polar surface area (TPSA) is 64.7 Å².